The highest BCUT2D eigenvalue weighted by Gasteiger charge is 2.41. The van der Waals surface area contributed by atoms with E-state index in [0.29, 0.717) is 6.04 Å². The second-order valence-corrected chi connectivity index (χ2v) is 6.58. The molecular weight excluding hydrogens is 330 g/mol. The maximum atomic E-state index is 5.96. The number of anilines is 1. The normalized spacial score (nSPS) is 30.7. The molecule has 3 nitrogen and oxygen atoms in total. The molecule has 3 rings (SSSR count). The van der Waals surface area contributed by atoms with E-state index in [9.17, 15) is 0 Å². The highest BCUT2D eigenvalue weighted by molar-refractivity contribution is 9.10. The Morgan fingerprint density at radius 1 is 1.37 bits per heavy atom. The van der Waals surface area contributed by atoms with Crippen molar-refractivity contribution < 1.29 is 9.47 Å². The number of nitrogens with one attached hydrogen (secondary N) is 1. The molecular formula is C14H17BrClNO2. The first-order valence-corrected chi connectivity index (χ1v) is 7.77. The molecule has 2 unspecified atom stereocenters. The van der Waals surface area contributed by atoms with E-state index in [2.05, 4.69) is 21.2 Å². The molecule has 2 heterocycles. The largest absolute Gasteiger partial charge is 0.381 e. The van der Waals surface area contributed by atoms with Crippen LogP contribution in [-0.4, -0.2) is 31.5 Å². The summed E-state index contributed by atoms with van der Waals surface area (Å²) in [5.74, 6) is 0. The predicted octanol–water partition coefficient (Wildman–Crippen LogP) is 3.85. The quantitative estimate of drug-likeness (QED) is 0.882. The second kappa shape index (κ2) is 5.60. The molecule has 0 saturated carbocycles. The Kier molecular flexibility index (Phi) is 4.03. The van der Waals surface area contributed by atoms with Crippen molar-refractivity contribution in [2.24, 2.45) is 0 Å². The summed E-state index contributed by atoms with van der Waals surface area (Å²) in [6.07, 6.45) is 3.03. The number of rotatable bonds is 2. The molecule has 0 aliphatic carbocycles. The average Bonchev–Trinajstić information content (AvgIpc) is 2.81. The Bertz CT molecular complexity index is 463. The Balaban J connectivity index is 1.69. The summed E-state index contributed by atoms with van der Waals surface area (Å²) in [5, 5.41) is 4.33. The van der Waals surface area contributed by atoms with Gasteiger partial charge in [0, 0.05) is 40.9 Å². The minimum Gasteiger partial charge on any atom is -0.381 e. The Labute approximate surface area is 126 Å². The maximum absolute atomic E-state index is 5.96. The molecule has 1 aromatic rings. The van der Waals surface area contributed by atoms with Crippen LogP contribution in [0.3, 0.4) is 0 Å². The summed E-state index contributed by atoms with van der Waals surface area (Å²) in [7, 11) is 0. The summed E-state index contributed by atoms with van der Waals surface area (Å²) < 4.78 is 12.4. The number of halogens is 2. The first-order valence-electron chi connectivity index (χ1n) is 6.60. The molecule has 1 spiro atoms. The Morgan fingerprint density at radius 2 is 2.26 bits per heavy atom. The van der Waals surface area contributed by atoms with Gasteiger partial charge in [-0.15, -0.1) is 0 Å². The van der Waals surface area contributed by atoms with Crippen LogP contribution in [0.25, 0.3) is 0 Å². The first kappa shape index (κ1) is 13.7. The lowest BCUT2D eigenvalue weighted by atomic mass is 9.89. The highest BCUT2D eigenvalue weighted by atomic mass is 79.9. The van der Waals surface area contributed by atoms with Gasteiger partial charge in [-0.1, -0.05) is 11.6 Å². The Morgan fingerprint density at radius 3 is 3.00 bits per heavy atom. The molecule has 0 radical (unpaired) electrons. The smallest absolute Gasteiger partial charge is 0.0956 e. The van der Waals surface area contributed by atoms with Crippen molar-refractivity contribution in [2.75, 3.05) is 25.1 Å². The fraction of sp³-hybridized carbons (Fsp3) is 0.571. The van der Waals surface area contributed by atoms with Gasteiger partial charge < -0.3 is 14.8 Å². The number of hydrogen-bond acceptors (Lipinski definition) is 3. The minimum absolute atomic E-state index is 0.0607. The van der Waals surface area contributed by atoms with Crippen molar-refractivity contribution in [1.29, 1.82) is 0 Å². The van der Waals surface area contributed by atoms with Crippen LogP contribution >= 0.6 is 27.5 Å². The molecule has 2 fully saturated rings. The van der Waals surface area contributed by atoms with Gasteiger partial charge in [0.15, 0.2) is 0 Å². The lowest BCUT2D eigenvalue weighted by Crippen LogP contribution is -2.44. The van der Waals surface area contributed by atoms with Crippen molar-refractivity contribution in [1.82, 2.24) is 0 Å². The van der Waals surface area contributed by atoms with Crippen LogP contribution in [0.2, 0.25) is 5.02 Å². The van der Waals surface area contributed by atoms with Gasteiger partial charge in [0.25, 0.3) is 0 Å². The van der Waals surface area contributed by atoms with Gasteiger partial charge in [-0.3, -0.25) is 0 Å². The highest BCUT2D eigenvalue weighted by Crippen LogP contribution is 2.35. The number of hydrogen-bond donors (Lipinski definition) is 1. The van der Waals surface area contributed by atoms with E-state index in [4.69, 9.17) is 21.1 Å². The minimum atomic E-state index is -0.0607. The van der Waals surface area contributed by atoms with Crippen LogP contribution in [0.5, 0.6) is 0 Å². The van der Waals surface area contributed by atoms with E-state index in [1.165, 1.54) is 0 Å². The van der Waals surface area contributed by atoms with Crippen LogP contribution in [0.1, 0.15) is 19.3 Å². The van der Waals surface area contributed by atoms with E-state index < -0.39 is 0 Å². The molecule has 5 heteroatoms. The molecule has 0 amide bonds. The van der Waals surface area contributed by atoms with Gasteiger partial charge >= 0.3 is 0 Å². The van der Waals surface area contributed by atoms with Crippen LogP contribution in [-0.2, 0) is 9.47 Å². The zero-order valence-corrected chi connectivity index (χ0v) is 13.0. The summed E-state index contributed by atoms with van der Waals surface area (Å²) in [5.41, 5.74) is 1.03. The lowest BCUT2D eigenvalue weighted by molar-refractivity contribution is -0.0828. The van der Waals surface area contributed by atoms with E-state index in [1.807, 2.05) is 18.2 Å². The van der Waals surface area contributed by atoms with E-state index in [0.717, 1.165) is 54.3 Å². The van der Waals surface area contributed by atoms with Crippen molar-refractivity contribution in [3.05, 3.63) is 27.7 Å². The number of ether oxygens (including phenoxy) is 2. The van der Waals surface area contributed by atoms with Gasteiger partial charge in [-0.25, -0.2) is 0 Å². The molecule has 1 aromatic carbocycles. The molecule has 2 aliphatic rings. The fourth-order valence-electron chi connectivity index (χ4n) is 2.84. The zero-order chi connectivity index (χ0) is 13.3. The third-order valence-corrected chi connectivity index (χ3v) is 4.74. The summed E-state index contributed by atoms with van der Waals surface area (Å²) >= 11 is 9.51. The summed E-state index contributed by atoms with van der Waals surface area (Å²) in [6.45, 7) is 2.34. The Hall–Kier alpha value is -0.290. The lowest BCUT2D eigenvalue weighted by Gasteiger charge is -2.37. The standard InChI is InChI=1S/C14H17BrClNO2/c15-12-7-10(16)1-2-13(12)17-11-3-5-19-14(8-11)4-6-18-9-14/h1-2,7,11,17H,3-6,8-9H2. The topological polar surface area (TPSA) is 30.5 Å². The van der Waals surface area contributed by atoms with Gasteiger partial charge in [0.05, 0.1) is 12.2 Å². The molecule has 2 aliphatic heterocycles. The monoisotopic (exact) mass is 345 g/mol. The molecule has 1 N–H and O–H groups in total. The zero-order valence-electron chi connectivity index (χ0n) is 10.6. The van der Waals surface area contributed by atoms with Gasteiger partial charge in [-0.05, 0) is 47.0 Å². The van der Waals surface area contributed by atoms with Gasteiger partial charge in [0.2, 0.25) is 0 Å². The SMILES string of the molecule is Clc1ccc(NC2CCOC3(CCOC3)C2)c(Br)c1. The van der Waals surface area contributed by atoms with E-state index >= 15 is 0 Å². The van der Waals surface area contributed by atoms with Crippen LogP contribution < -0.4 is 5.32 Å². The second-order valence-electron chi connectivity index (χ2n) is 5.29. The number of benzene rings is 1. The van der Waals surface area contributed by atoms with Crippen LogP contribution in [0.4, 0.5) is 5.69 Å². The third-order valence-electron chi connectivity index (χ3n) is 3.85. The van der Waals surface area contributed by atoms with Gasteiger partial charge in [-0.2, -0.15) is 0 Å². The van der Waals surface area contributed by atoms with Gasteiger partial charge in [0.1, 0.15) is 0 Å². The molecule has 0 aromatic heterocycles. The molecule has 19 heavy (non-hydrogen) atoms. The summed E-state index contributed by atoms with van der Waals surface area (Å²) in [4.78, 5) is 0. The molecule has 2 atom stereocenters. The van der Waals surface area contributed by atoms with E-state index in [1.54, 1.807) is 0 Å². The van der Waals surface area contributed by atoms with E-state index in [-0.39, 0.29) is 5.60 Å². The third kappa shape index (κ3) is 3.07. The average molecular weight is 347 g/mol. The fourth-order valence-corrected chi connectivity index (χ4v) is 3.64. The first-order chi connectivity index (χ1) is 9.17. The maximum Gasteiger partial charge on any atom is 0.0956 e. The summed E-state index contributed by atoms with van der Waals surface area (Å²) in [6, 6.07) is 6.26. The van der Waals surface area contributed by atoms with Crippen molar-refractivity contribution in [3.63, 3.8) is 0 Å². The van der Waals surface area contributed by atoms with Crippen LogP contribution in [0.15, 0.2) is 22.7 Å². The van der Waals surface area contributed by atoms with Crippen molar-refractivity contribution in [3.8, 4) is 0 Å². The van der Waals surface area contributed by atoms with Crippen LogP contribution in [0, 0.1) is 0 Å². The van der Waals surface area contributed by atoms with Crippen molar-refractivity contribution >= 4 is 33.2 Å². The molecule has 2 saturated heterocycles. The molecule has 0 bridgehead atoms. The molecule has 104 valence electrons. The van der Waals surface area contributed by atoms with Crippen molar-refractivity contribution in [2.45, 2.75) is 30.9 Å². The predicted molar refractivity (Wildman–Crippen MR) is 79.9 cm³/mol.